The molecule has 0 spiro atoms. The first kappa shape index (κ1) is 9.59. The lowest BCUT2D eigenvalue weighted by atomic mass is 9.80. The van der Waals surface area contributed by atoms with Gasteiger partial charge in [0.05, 0.1) is 5.69 Å². The molecule has 14 heavy (non-hydrogen) atoms. The molecule has 76 valence electrons. The van der Waals surface area contributed by atoms with Gasteiger partial charge in [0, 0.05) is 12.2 Å². The zero-order chi connectivity index (χ0) is 9.97. The molecule has 1 heterocycles. The standard InChI is InChI=1S/C11H17N3/c1-8-13-6-5-11(14-8)10(12)7-9-3-2-4-9/h5-6,9-10H,2-4,7,12H2,1H3. The highest BCUT2D eigenvalue weighted by atomic mass is 14.9. The molecular formula is C11H17N3. The Hall–Kier alpha value is -0.960. The van der Waals surface area contributed by atoms with Crippen molar-refractivity contribution >= 4 is 0 Å². The van der Waals surface area contributed by atoms with Crippen LogP contribution in [0.25, 0.3) is 0 Å². The minimum Gasteiger partial charge on any atom is -0.323 e. The van der Waals surface area contributed by atoms with Crippen LogP contribution in [0.4, 0.5) is 0 Å². The van der Waals surface area contributed by atoms with E-state index in [1.54, 1.807) is 6.20 Å². The van der Waals surface area contributed by atoms with Gasteiger partial charge in [-0.1, -0.05) is 19.3 Å². The smallest absolute Gasteiger partial charge is 0.125 e. The first-order valence-electron chi connectivity index (χ1n) is 5.31. The van der Waals surface area contributed by atoms with E-state index < -0.39 is 0 Å². The summed E-state index contributed by atoms with van der Waals surface area (Å²) in [7, 11) is 0. The fraction of sp³-hybridized carbons (Fsp3) is 0.636. The summed E-state index contributed by atoms with van der Waals surface area (Å²) in [6.45, 7) is 1.90. The predicted octanol–water partition coefficient (Wildman–Crippen LogP) is 1.98. The van der Waals surface area contributed by atoms with Crippen molar-refractivity contribution in [3.63, 3.8) is 0 Å². The molecule has 0 saturated heterocycles. The largest absolute Gasteiger partial charge is 0.323 e. The maximum absolute atomic E-state index is 6.08. The van der Waals surface area contributed by atoms with E-state index in [-0.39, 0.29) is 6.04 Å². The van der Waals surface area contributed by atoms with Crippen molar-refractivity contribution in [1.29, 1.82) is 0 Å². The van der Waals surface area contributed by atoms with Gasteiger partial charge in [-0.15, -0.1) is 0 Å². The zero-order valence-electron chi connectivity index (χ0n) is 8.61. The van der Waals surface area contributed by atoms with Crippen molar-refractivity contribution in [3.8, 4) is 0 Å². The summed E-state index contributed by atoms with van der Waals surface area (Å²) in [5, 5.41) is 0. The average Bonchev–Trinajstić information content (AvgIpc) is 2.11. The summed E-state index contributed by atoms with van der Waals surface area (Å²) in [5.74, 6) is 1.65. The van der Waals surface area contributed by atoms with Crippen LogP contribution in [0.3, 0.4) is 0 Å². The lowest BCUT2D eigenvalue weighted by molar-refractivity contribution is 0.276. The van der Waals surface area contributed by atoms with Crippen molar-refractivity contribution in [1.82, 2.24) is 9.97 Å². The highest BCUT2D eigenvalue weighted by Crippen LogP contribution is 2.33. The molecule has 2 N–H and O–H groups in total. The quantitative estimate of drug-likeness (QED) is 0.794. The Bertz CT molecular complexity index is 307. The number of nitrogens with two attached hydrogens (primary N) is 1. The van der Waals surface area contributed by atoms with Crippen molar-refractivity contribution in [2.24, 2.45) is 11.7 Å². The van der Waals surface area contributed by atoms with Crippen molar-refractivity contribution < 1.29 is 0 Å². The van der Waals surface area contributed by atoms with Crippen molar-refractivity contribution in [2.45, 2.75) is 38.6 Å². The Kier molecular flexibility index (Phi) is 2.77. The molecule has 0 aromatic carbocycles. The highest BCUT2D eigenvalue weighted by molar-refractivity contribution is 5.06. The summed E-state index contributed by atoms with van der Waals surface area (Å²) in [6, 6.07) is 2.03. The fourth-order valence-electron chi connectivity index (χ4n) is 1.89. The van der Waals surface area contributed by atoms with Crippen LogP contribution in [-0.2, 0) is 0 Å². The molecular weight excluding hydrogens is 174 g/mol. The van der Waals surface area contributed by atoms with E-state index in [0.29, 0.717) is 0 Å². The maximum atomic E-state index is 6.08. The SMILES string of the molecule is Cc1nccc(C(N)CC2CCC2)n1. The minimum atomic E-state index is 0.0991. The van der Waals surface area contributed by atoms with Gasteiger partial charge < -0.3 is 5.73 Å². The van der Waals surface area contributed by atoms with Gasteiger partial charge in [0.2, 0.25) is 0 Å². The first-order valence-corrected chi connectivity index (χ1v) is 5.31. The number of hydrogen-bond acceptors (Lipinski definition) is 3. The van der Waals surface area contributed by atoms with Crippen LogP contribution in [0.2, 0.25) is 0 Å². The lowest BCUT2D eigenvalue weighted by Crippen LogP contribution is -2.21. The second-order valence-electron chi connectivity index (χ2n) is 4.17. The summed E-state index contributed by atoms with van der Waals surface area (Å²) < 4.78 is 0. The number of rotatable bonds is 3. The number of hydrogen-bond donors (Lipinski definition) is 1. The first-order chi connectivity index (χ1) is 6.75. The van der Waals surface area contributed by atoms with Crippen LogP contribution in [0.1, 0.15) is 43.2 Å². The van der Waals surface area contributed by atoms with Gasteiger partial charge in [0.25, 0.3) is 0 Å². The minimum absolute atomic E-state index is 0.0991. The van der Waals surface area contributed by atoms with Crippen LogP contribution >= 0.6 is 0 Å². The molecule has 1 unspecified atom stereocenters. The molecule has 0 bridgehead atoms. The molecule has 0 radical (unpaired) electrons. The Morgan fingerprint density at radius 1 is 1.57 bits per heavy atom. The Morgan fingerprint density at radius 3 is 2.93 bits per heavy atom. The third-order valence-electron chi connectivity index (χ3n) is 2.99. The summed E-state index contributed by atoms with van der Waals surface area (Å²) >= 11 is 0. The monoisotopic (exact) mass is 191 g/mol. The Balaban J connectivity index is 1.98. The third kappa shape index (κ3) is 2.10. The fourth-order valence-corrected chi connectivity index (χ4v) is 1.89. The Morgan fingerprint density at radius 2 is 2.36 bits per heavy atom. The highest BCUT2D eigenvalue weighted by Gasteiger charge is 2.21. The zero-order valence-corrected chi connectivity index (χ0v) is 8.61. The van der Waals surface area contributed by atoms with E-state index in [4.69, 9.17) is 5.73 Å². The maximum Gasteiger partial charge on any atom is 0.125 e. The summed E-state index contributed by atoms with van der Waals surface area (Å²) in [5.41, 5.74) is 7.07. The van der Waals surface area contributed by atoms with Crippen LogP contribution < -0.4 is 5.73 Å². The third-order valence-corrected chi connectivity index (χ3v) is 2.99. The van der Waals surface area contributed by atoms with E-state index in [0.717, 1.165) is 23.9 Å². The normalized spacial score (nSPS) is 19.0. The molecule has 3 heteroatoms. The summed E-state index contributed by atoms with van der Waals surface area (Å²) in [6.07, 6.45) is 6.93. The van der Waals surface area contributed by atoms with Gasteiger partial charge in [0.15, 0.2) is 0 Å². The number of aromatic nitrogens is 2. The van der Waals surface area contributed by atoms with Gasteiger partial charge in [-0.2, -0.15) is 0 Å². The topological polar surface area (TPSA) is 51.8 Å². The summed E-state index contributed by atoms with van der Waals surface area (Å²) in [4.78, 5) is 8.42. The van der Waals surface area contributed by atoms with E-state index in [2.05, 4.69) is 9.97 Å². The molecule has 1 aliphatic rings. The van der Waals surface area contributed by atoms with Gasteiger partial charge in [-0.05, 0) is 25.3 Å². The van der Waals surface area contributed by atoms with E-state index in [9.17, 15) is 0 Å². The van der Waals surface area contributed by atoms with Gasteiger partial charge in [-0.25, -0.2) is 9.97 Å². The molecule has 1 fully saturated rings. The van der Waals surface area contributed by atoms with Gasteiger partial charge >= 0.3 is 0 Å². The van der Waals surface area contributed by atoms with Crippen LogP contribution in [0, 0.1) is 12.8 Å². The van der Waals surface area contributed by atoms with E-state index in [1.165, 1.54) is 19.3 Å². The molecule has 1 atom stereocenters. The second-order valence-corrected chi connectivity index (χ2v) is 4.17. The van der Waals surface area contributed by atoms with Crippen LogP contribution in [-0.4, -0.2) is 9.97 Å². The van der Waals surface area contributed by atoms with Crippen molar-refractivity contribution in [2.75, 3.05) is 0 Å². The lowest BCUT2D eigenvalue weighted by Gasteiger charge is -2.27. The van der Waals surface area contributed by atoms with E-state index >= 15 is 0 Å². The molecule has 1 saturated carbocycles. The Labute approximate surface area is 84.8 Å². The van der Waals surface area contributed by atoms with Gasteiger partial charge in [-0.3, -0.25) is 0 Å². The number of aryl methyl sites for hydroxylation is 1. The van der Waals surface area contributed by atoms with Crippen LogP contribution in [0.5, 0.6) is 0 Å². The molecule has 1 aliphatic carbocycles. The van der Waals surface area contributed by atoms with E-state index in [1.807, 2.05) is 13.0 Å². The molecule has 0 aliphatic heterocycles. The molecule has 1 aromatic rings. The van der Waals surface area contributed by atoms with Crippen LogP contribution in [0.15, 0.2) is 12.3 Å². The van der Waals surface area contributed by atoms with Crippen molar-refractivity contribution in [3.05, 3.63) is 23.8 Å². The predicted molar refractivity (Wildman–Crippen MR) is 55.7 cm³/mol. The molecule has 2 rings (SSSR count). The van der Waals surface area contributed by atoms with Gasteiger partial charge in [0.1, 0.15) is 5.82 Å². The second kappa shape index (κ2) is 4.05. The number of nitrogens with zero attached hydrogens (tertiary/aromatic N) is 2. The molecule has 3 nitrogen and oxygen atoms in total. The average molecular weight is 191 g/mol. The molecule has 1 aromatic heterocycles. The molecule has 0 amide bonds.